The van der Waals surface area contributed by atoms with Gasteiger partial charge in [0.05, 0.1) is 7.11 Å². The summed E-state index contributed by atoms with van der Waals surface area (Å²) in [5.41, 5.74) is 0.698. The molecule has 0 heterocycles. The summed E-state index contributed by atoms with van der Waals surface area (Å²) in [5, 5.41) is 0. The SMILES string of the molecule is CCC(C)C(=O)Cc1ccc(OC)c(F)c1. The number of carbonyl (C=O) groups is 1. The van der Waals surface area contributed by atoms with Crippen molar-refractivity contribution in [1.29, 1.82) is 0 Å². The Labute approximate surface area is 95.4 Å². The van der Waals surface area contributed by atoms with Crippen molar-refractivity contribution < 1.29 is 13.9 Å². The summed E-state index contributed by atoms with van der Waals surface area (Å²) in [6.07, 6.45) is 1.10. The van der Waals surface area contributed by atoms with Gasteiger partial charge in [0.1, 0.15) is 5.78 Å². The molecule has 0 spiro atoms. The number of halogens is 1. The van der Waals surface area contributed by atoms with Gasteiger partial charge in [-0.3, -0.25) is 4.79 Å². The number of benzene rings is 1. The molecule has 88 valence electrons. The van der Waals surface area contributed by atoms with Gasteiger partial charge in [-0.15, -0.1) is 0 Å². The van der Waals surface area contributed by atoms with Gasteiger partial charge in [-0.1, -0.05) is 19.9 Å². The van der Waals surface area contributed by atoms with Gasteiger partial charge in [0.25, 0.3) is 0 Å². The van der Waals surface area contributed by atoms with Crippen LogP contribution >= 0.6 is 0 Å². The zero-order chi connectivity index (χ0) is 12.1. The Morgan fingerprint density at radius 2 is 2.19 bits per heavy atom. The highest BCUT2D eigenvalue weighted by atomic mass is 19.1. The van der Waals surface area contributed by atoms with E-state index in [2.05, 4.69) is 0 Å². The lowest BCUT2D eigenvalue weighted by Crippen LogP contribution is -2.12. The normalized spacial score (nSPS) is 12.2. The molecule has 1 aromatic rings. The summed E-state index contributed by atoms with van der Waals surface area (Å²) in [6, 6.07) is 4.63. The fourth-order valence-electron chi connectivity index (χ4n) is 1.42. The first-order valence-electron chi connectivity index (χ1n) is 5.43. The maximum atomic E-state index is 13.3. The molecule has 3 heteroatoms. The van der Waals surface area contributed by atoms with Crippen LogP contribution in [0.25, 0.3) is 0 Å². The van der Waals surface area contributed by atoms with E-state index >= 15 is 0 Å². The minimum absolute atomic E-state index is 0.0326. The third-order valence-electron chi connectivity index (χ3n) is 2.76. The van der Waals surface area contributed by atoms with Crippen molar-refractivity contribution >= 4 is 5.78 Å². The van der Waals surface area contributed by atoms with E-state index in [1.54, 1.807) is 12.1 Å². The highest BCUT2D eigenvalue weighted by Gasteiger charge is 2.12. The lowest BCUT2D eigenvalue weighted by molar-refractivity contribution is -0.121. The first kappa shape index (κ1) is 12.7. The van der Waals surface area contributed by atoms with Crippen molar-refractivity contribution in [2.75, 3.05) is 7.11 Å². The fourth-order valence-corrected chi connectivity index (χ4v) is 1.42. The summed E-state index contributed by atoms with van der Waals surface area (Å²) in [7, 11) is 1.42. The smallest absolute Gasteiger partial charge is 0.165 e. The van der Waals surface area contributed by atoms with E-state index in [0.717, 1.165) is 6.42 Å². The second kappa shape index (κ2) is 5.64. The van der Waals surface area contributed by atoms with Gasteiger partial charge in [-0.25, -0.2) is 4.39 Å². The van der Waals surface area contributed by atoms with Crippen LogP contribution in [0, 0.1) is 11.7 Å². The predicted molar refractivity (Wildman–Crippen MR) is 61.1 cm³/mol. The Bertz CT molecular complexity index is 374. The van der Waals surface area contributed by atoms with Crippen LogP contribution in [0.4, 0.5) is 4.39 Å². The number of methoxy groups -OCH3 is 1. The van der Waals surface area contributed by atoms with Gasteiger partial charge in [0.15, 0.2) is 11.6 Å². The second-order valence-corrected chi connectivity index (χ2v) is 3.92. The van der Waals surface area contributed by atoms with Crippen LogP contribution < -0.4 is 4.74 Å². The molecule has 0 bridgehead atoms. The van der Waals surface area contributed by atoms with E-state index in [1.807, 2.05) is 13.8 Å². The average Bonchev–Trinajstić information content (AvgIpc) is 2.28. The summed E-state index contributed by atoms with van der Waals surface area (Å²) < 4.78 is 18.2. The van der Waals surface area contributed by atoms with Crippen LogP contribution in [0.5, 0.6) is 5.75 Å². The third-order valence-corrected chi connectivity index (χ3v) is 2.76. The van der Waals surface area contributed by atoms with Gasteiger partial charge in [-0.05, 0) is 24.1 Å². The number of ether oxygens (including phenoxy) is 1. The van der Waals surface area contributed by atoms with Crippen molar-refractivity contribution in [3.05, 3.63) is 29.6 Å². The number of hydrogen-bond donors (Lipinski definition) is 0. The predicted octanol–water partition coefficient (Wildman–Crippen LogP) is 2.99. The quantitative estimate of drug-likeness (QED) is 0.768. The lowest BCUT2D eigenvalue weighted by atomic mass is 9.97. The van der Waals surface area contributed by atoms with Crippen LogP contribution in [-0.4, -0.2) is 12.9 Å². The van der Waals surface area contributed by atoms with Crippen LogP contribution in [-0.2, 0) is 11.2 Å². The summed E-state index contributed by atoms with van der Waals surface area (Å²) in [4.78, 5) is 11.7. The number of rotatable bonds is 5. The Balaban J connectivity index is 2.75. The average molecular weight is 224 g/mol. The highest BCUT2D eigenvalue weighted by Crippen LogP contribution is 2.19. The third kappa shape index (κ3) is 3.05. The maximum absolute atomic E-state index is 13.3. The van der Waals surface area contributed by atoms with E-state index in [1.165, 1.54) is 13.2 Å². The van der Waals surface area contributed by atoms with Crippen molar-refractivity contribution in [1.82, 2.24) is 0 Å². The van der Waals surface area contributed by atoms with E-state index in [4.69, 9.17) is 4.74 Å². The molecule has 0 aliphatic carbocycles. The first-order valence-corrected chi connectivity index (χ1v) is 5.43. The second-order valence-electron chi connectivity index (χ2n) is 3.92. The molecule has 0 radical (unpaired) electrons. The standard InChI is InChI=1S/C13H17FO2/c1-4-9(2)12(15)8-10-5-6-13(16-3)11(14)7-10/h5-7,9H,4,8H2,1-3H3. The lowest BCUT2D eigenvalue weighted by Gasteiger charge is -2.08. The minimum atomic E-state index is -0.419. The number of carbonyl (C=O) groups excluding carboxylic acids is 1. The molecule has 0 aliphatic heterocycles. The molecule has 0 fully saturated rings. The molecule has 0 amide bonds. The molecule has 1 aromatic carbocycles. The first-order chi connectivity index (χ1) is 7.58. The monoisotopic (exact) mass is 224 g/mol. The van der Waals surface area contributed by atoms with E-state index in [0.29, 0.717) is 5.56 Å². The molecule has 1 atom stereocenters. The molecule has 0 aromatic heterocycles. The summed E-state index contributed by atoms with van der Waals surface area (Å²) in [5.74, 6) is -0.0334. The van der Waals surface area contributed by atoms with Crippen molar-refractivity contribution in [3.8, 4) is 5.75 Å². The minimum Gasteiger partial charge on any atom is -0.494 e. The molecular weight excluding hydrogens is 207 g/mol. The Kier molecular flexibility index (Phi) is 4.47. The topological polar surface area (TPSA) is 26.3 Å². The number of Topliss-reactive ketones (excluding diaryl/α,β-unsaturated/α-hetero) is 1. The van der Waals surface area contributed by atoms with Gasteiger partial charge >= 0.3 is 0 Å². The molecular formula is C13H17FO2. The molecule has 1 rings (SSSR count). The summed E-state index contributed by atoms with van der Waals surface area (Å²) >= 11 is 0. The van der Waals surface area contributed by atoms with Gasteiger partial charge in [0, 0.05) is 12.3 Å². The highest BCUT2D eigenvalue weighted by molar-refractivity contribution is 5.82. The molecule has 16 heavy (non-hydrogen) atoms. The molecule has 2 nitrogen and oxygen atoms in total. The van der Waals surface area contributed by atoms with Crippen molar-refractivity contribution in [3.63, 3.8) is 0 Å². The van der Waals surface area contributed by atoms with Gasteiger partial charge in [0.2, 0.25) is 0 Å². The Hall–Kier alpha value is -1.38. The van der Waals surface area contributed by atoms with E-state index in [9.17, 15) is 9.18 Å². The summed E-state index contributed by atoms with van der Waals surface area (Å²) in [6.45, 7) is 3.86. The Morgan fingerprint density at radius 1 is 1.50 bits per heavy atom. The fraction of sp³-hybridized carbons (Fsp3) is 0.462. The number of ketones is 1. The van der Waals surface area contributed by atoms with Crippen LogP contribution in [0.1, 0.15) is 25.8 Å². The van der Waals surface area contributed by atoms with Crippen LogP contribution in [0.15, 0.2) is 18.2 Å². The maximum Gasteiger partial charge on any atom is 0.165 e. The largest absolute Gasteiger partial charge is 0.494 e. The molecule has 0 saturated heterocycles. The van der Waals surface area contributed by atoms with Crippen molar-refractivity contribution in [2.24, 2.45) is 5.92 Å². The molecule has 1 unspecified atom stereocenters. The Morgan fingerprint density at radius 3 is 2.69 bits per heavy atom. The molecule has 0 N–H and O–H groups in total. The zero-order valence-electron chi connectivity index (χ0n) is 9.92. The van der Waals surface area contributed by atoms with Gasteiger partial charge in [-0.2, -0.15) is 0 Å². The van der Waals surface area contributed by atoms with Gasteiger partial charge < -0.3 is 4.74 Å². The zero-order valence-corrected chi connectivity index (χ0v) is 9.92. The number of hydrogen-bond acceptors (Lipinski definition) is 2. The molecule has 0 aliphatic rings. The molecule has 0 saturated carbocycles. The van der Waals surface area contributed by atoms with Crippen molar-refractivity contribution in [2.45, 2.75) is 26.7 Å². The van der Waals surface area contributed by atoms with E-state index < -0.39 is 5.82 Å². The van der Waals surface area contributed by atoms with Crippen LogP contribution in [0.3, 0.4) is 0 Å². The van der Waals surface area contributed by atoms with Crippen LogP contribution in [0.2, 0.25) is 0 Å². The van der Waals surface area contributed by atoms with E-state index in [-0.39, 0.29) is 23.9 Å².